The number of amides is 1. The van der Waals surface area contributed by atoms with Crippen LogP contribution in [-0.2, 0) is 0 Å². The van der Waals surface area contributed by atoms with Gasteiger partial charge in [-0.05, 0) is 37.8 Å². The van der Waals surface area contributed by atoms with E-state index >= 15 is 0 Å². The van der Waals surface area contributed by atoms with Crippen LogP contribution in [-0.4, -0.2) is 38.8 Å². The fourth-order valence-electron chi connectivity index (χ4n) is 3.75. The molecule has 5 rings (SSSR count). The Hall–Kier alpha value is -2.63. The third-order valence-corrected chi connectivity index (χ3v) is 5.25. The maximum absolute atomic E-state index is 12.9. The highest BCUT2D eigenvalue weighted by atomic mass is 16.3. The zero-order chi connectivity index (χ0) is 16.8. The molecule has 1 aliphatic carbocycles. The number of nitrogens with zero attached hydrogens (tertiary/aromatic N) is 3. The highest BCUT2D eigenvalue weighted by molar-refractivity contribution is 5.93. The van der Waals surface area contributed by atoms with Crippen LogP contribution >= 0.6 is 0 Å². The van der Waals surface area contributed by atoms with Crippen LogP contribution < -0.4 is 0 Å². The second-order valence-electron chi connectivity index (χ2n) is 7.07. The van der Waals surface area contributed by atoms with E-state index in [0.717, 1.165) is 54.8 Å². The molecule has 1 N–H and O–H groups in total. The largest absolute Gasteiger partial charge is 0.447 e. The van der Waals surface area contributed by atoms with Crippen molar-refractivity contribution >= 4 is 16.9 Å². The van der Waals surface area contributed by atoms with Gasteiger partial charge >= 0.3 is 0 Å². The molecular weight excluding hydrogens is 316 g/mol. The van der Waals surface area contributed by atoms with Crippen molar-refractivity contribution < 1.29 is 9.21 Å². The molecule has 1 saturated carbocycles. The average Bonchev–Trinajstić information content (AvgIpc) is 3.22. The first kappa shape index (κ1) is 14.7. The number of benzene rings is 1. The van der Waals surface area contributed by atoms with E-state index in [1.807, 2.05) is 29.2 Å². The van der Waals surface area contributed by atoms with E-state index in [1.165, 1.54) is 6.39 Å². The average molecular weight is 336 g/mol. The molecule has 1 saturated heterocycles. The highest BCUT2D eigenvalue weighted by Gasteiger charge is 2.35. The van der Waals surface area contributed by atoms with Crippen LogP contribution in [0.4, 0.5) is 0 Å². The van der Waals surface area contributed by atoms with Crippen LogP contribution in [0.5, 0.6) is 0 Å². The molecule has 6 nitrogen and oxygen atoms in total. The van der Waals surface area contributed by atoms with Crippen LogP contribution in [0.1, 0.15) is 59.6 Å². The Kier molecular flexibility index (Phi) is 3.36. The number of oxazole rings is 1. The summed E-state index contributed by atoms with van der Waals surface area (Å²) in [5.41, 5.74) is 2.54. The van der Waals surface area contributed by atoms with Gasteiger partial charge in [0.25, 0.3) is 5.91 Å². The van der Waals surface area contributed by atoms with E-state index in [9.17, 15) is 4.79 Å². The van der Waals surface area contributed by atoms with E-state index in [1.54, 1.807) is 0 Å². The molecule has 0 bridgehead atoms. The standard InChI is InChI=1S/C19H20N4O2/c24-19(16-17(12-7-8-12)25-11-20-16)23-9-3-4-13(10-23)18-21-14-5-1-2-6-15(14)22-18/h1-2,5-6,11-13H,3-4,7-10H2,(H,21,22). The van der Waals surface area contributed by atoms with Crippen molar-refractivity contribution in [2.24, 2.45) is 0 Å². The molecule has 1 aromatic carbocycles. The topological polar surface area (TPSA) is 75.0 Å². The Bertz CT molecular complexity index is 891. The van der Waals surface area contributed by atoms with Gasteiger partial charge < -0.3 is 14.3 Å². The summed E-state index contributed by atoms with van der Waals surface area (Å²) < 4.78 is 5.47. The van der Waals surface area contributed by atoms with Crippen molar-refractivity contribution in [3.8, 4) is 0 Å². The van der Waals surface area contributed by atoms with Gasteiger partial charge in [0.15, 0.2) is 12.1 Å². The lowest BCUT2D eigenvalue weighted by molar-refractivity contribution is 0.0697. The zero-order valence-electron chi connectivity index (χ0n) is 13.9. The Morgan fingerprint density at radius 3 is 2.92 bits per heavy atom. The van der Waals surface area contributed by atoms with Gasteiger partial charge in [0, 0.05) is 24.9 Å². The van der Waals surface area contributed by atoms with Gasteiger partial charge in [-0.2, -0.15) is 0 Å². The van der Waals surface area contributed by atoms with Crippen LogP contribution in [0.2, 0.25) is 0 Å². The fourth-order valence-corrected chi connectivity index (χ4v) is 3.75. The van der Waals surface area contributed by atoms with Crippen molar-refractivity contribution in [2.75, 3.05) is 13.1 Å². The number of hydrogen-bond donors (Lipinski definition) is 1. The van der Waals surface area contributed by atoms with Gasteiger partial charge in [-0.15, -0.1) is 0 Å². The summed E-state index contributed by atoms with van der Waals surface area (Å²) in [4.78, 5) is 27.2. The summed E-state index contributed by atoms with van der Waals surface area (Å²) in [7, 11) is 0. The number of nitrogens with one attached hydrogen (secondary N) is 1. The molecule has 1 amide bonds. The number of carbonyl (C=O) groups is 1. The second kappa shape index (κ2) is 5.72. The van der Waals surface area contributed by atoms with E-state index in [-0.39, 0.29) is 11.8 Å². The number of H-pyrrole nitrogens is 1. The smallest absolute Gasteiger partial charge is 0.276 e. The van der Waals surface area contributed by atoms with E-state index in [0.29, 0.717) is 18.2 Å². The molecule has 3 heterocycles. The first-order chi connectivity index (χ1) is 12.3. The van der Waals surface area contributed by atoms with Crippen molar-refractivity contribution in [3.63, 3.8) is 0 Å². The number of carbonyl (C=O) groups excluding carboxylic acids is 1. The lowest BCUT2D eigenvalue weighted by Crippen LogP contribution is -2.39. The minimum Gasteiger partial charge on any atom is -0.447 e. The molecule has 128 valence electrons. The molecule has 2 fully saturated rings. The lowest BCUT2D eigenvalue weighted by atomic mass is 9.97. The maximum Gasteiger partial charge on any atom is 0.276 e. The number of para-hydroxylation sites is 2. The monoisotopic (exact) mass is 336 g/mol. The van der Waals surface area contributed by atoms with Crippen LogP contribution in [0, 0.1) is 0 Å². The summed E-state index contributed by atoms with van der Waals surface area (Å²) in [6.45, 7) is 1.45. The van der Waals surface area contributed by atoms with E-state index in [4.69, 9.17) is 9.40 Å². The summed E-state index contributed by atoms with van der Waals surface area (Å²) in [5, 5.41) is 0. The van der Waals surface area contributed by atoms with Gasteiger partial charge in [0.2, 0.25) is 0 Å². The molecular formula is C19H20N4O2. The van der Waals surface area contributed by atoms with Crippen molar-refractivity contribution in [3.05, 3.63) is 47.9 Å². The fraction of sp³-hybridized carbons (Fsp3) is 0.421. The summed E-state index contributed by atoms with van der Waals surface area (Å²) in [6, 6.07) is 8.05. The molecule has 1 atom stereocenters. The number of aromatic amines is 1. The number of piperidine rings is 1. The normalized spacial score (nSPS) is 21.0. The van der Waals surface area contributed by atoms with E-state index < -0.39 is 0 Å². The minimum atomic E-state index is -0.00328. The lowest BCUT2D eigenvalue weighted by Gasteiger charge is -2.31. The van der Waals surface area contributed by atoms with E-state index in [2.05, 4.69) is 9.97 Å². The summed E-state index contributed by atoms with van der Waals surface area (Å²) in [6.07, 6.45) is 5.61. The maximum atomic E-state index is 12.9. The highest BCUT2D eigenvalue weighted by Crippen LogP contribution is 2.42. The van der Waals surface area contributed by atoms with Crippen molar-refractivity contribution in [2.45, 2.75) is 37.5 Å². The minimum absolute atomic E-state index is 0.00328. The van der Waals surface area contributed by atoms with Crippen LogP contribution in [0.25, 0.3) is 11.0 Å². The first-order valence-corrected chi connectivity index (χ1v) is 8.97. The zero-order valence-corrected chi connectivity index (χ0v) is 13.9. The number of aromatic nitrogens is 3. The second-order valence-corrected chi connectivity index (χ2v) is 7.07. The Balaban J connectivity index is 1.38. The molecule has 0 radical (unpaired) electrons. The summed E-state index contributed by atoms with van der Waals surface area (Å²) >= 11 is 0. The third kappa shape index (κ3) is 2.62. The number of likely N-dealkylation sites (tertiary alicyclic amines) is 1. The first-order valence-electron chi connectivity index (χ1n) is 8.97. The molecule has 2 aromatic heterocycles. The third-order valence-electron chi connectivity index (χ3n) is 5.25. The predicted molar refractivity (Wildman–Crippen MR) is 92.5 cm³/mol. The molecule has 2 aliphatic rings. The molecule has 6 heteroatoms. The molecule has 0 spiro atoms. The Morgan fingerprint density at radius 2 is 2.08 bits per heavy atom. The molecule has 25 heavy (non-hydrogen) atoms. The molecule has 1 aliphatic heterocycles. The number of rotatable bonds is 3. The van der Waals surface area contributed by atoms with Gasteiger partial charge in [-0.3, -0.25) is 4.79 Å². The van der Waals surface area contributed by atoms with Crippen molar-refractivity contribution in [1.29, 1.82) is 0 Å². The predicted octanol–water partition coefficient (Wildman–Crippen LogP) is 3.45. The van der Waals surface area contributed by atoms with Crippen molar-refractivity contribution in [1.82, 2.24) is 19.9 Å². The Morgan fingerprint density at radius 1 is 1.20 bits per heavy atom. The summed E-state index contributed by atoms with van der Waals surface area (Å²) in [5.74, 6) is 2.37. The molecule has 3 aromatic rings. The Labute approximate surface area is 145 Å². The SMILES string of the molecule is O=C(c1ncoc1C1CC1)N1CCCC(c2nc3ccccc3[nH]2)C1. The number of fused-ring (bicyclic) bond motifs is 1. The number of hydrogen-bond acceptors (Lipinski definition) is 4. The van der Waals surface area contributed by atoms with Gasteiger partial charge in [-0.1, -0.05) is 12.1 Å². The molecule has 1 unspecified atom stereocenters. The van der Waals surface area contributed by atoms with Gasteiger partial charge in [0.05, 0.1) is 11.0 Å². The van der Waals surface area contributed by atoms with Gasteiger partial charge in [-0.25, -0.2) is 9.97 Å². The number of imidazole rings is 1. The van der Waals surface area contributed by atoms with Crippen LogP contribution in [0.3, 0.4) is 0 Å². The van der Waals surface area contributed by atoms with Crippen LogP contribution in [0.15, 0.2) is 35.1 Å². The quantitative estimate of drug-likeness (QED) is 0.795. The van der Waals surface area contributed by atoms with Gasteiger partial charge in [0.1, 0.15) is 11.6 Å².